The Balaban J connectivity index is 0.924. The molecule has 8 aromatic carbocycles. The lowest BCUT2D eigenvalue weighted by Crippen LogP contribution is -2.35. The van der Waals surface area contributed by atoms with Crippen LogP contribution >= 0.6 is 0 Å². The van der Waals surface area contributed by atoms with Gasteiger partial charge in [0.1, 0.15) is 0 Å². The lowest BCUT2D eigenvalue weighted by atomic mass is 9.97. The van der Waals surface area contributed by atoms with Crippen LogP contribution in [0.1, 0.15) is 54.0 Å². The van der Waals surface area contributed by atoms with Gasteiger partial charge in [-0.05, 0) is 205 Å². The van der Waals surface area contributed by atoms with Gasteiger partial charge in [0.15, 0.2) is 0 Å². The normalized spacial score (nSPS) is 14.2. The molecule has 4 heteroatoms. The quantitative estimate of drug-likeness (QED) is 0.114. The van der Waals surface area contributed by atoms with E-state index in [-0.39, 0.29) is 6.04 Å². The lowest BCUT2D eigenvalue weighted by Gasteiger charge is -2.36. The second kappa shape index (κ2) is 20.1. The van der Waals surface area contributed by atoms with Crippen LogP contribution in [-0.4, -0.2) is 6.04 Å². The molecule has 1 atom stereocenters. The minimum absolute atomic E-state index is 0.166. The molecule has 2 aliphatic carbocycles. The number of hydrogen-bond donors (Lipinski definition) is 0. The molecule has 10 rings (SSSR count). The summed E-state index contributed by atoms with van der Waals surface area (Å²) in [6.07, 6.45) is 14.6. The molecule has 0 heterocycles. The third kappa shape index (κ3) is 9.98. The zero-order chi connectivity index (χ0) is 48.1. The molecule has 0 aliphatic heterocycles. The topological polar surface area (TPSA) is 13.0 Å². The van der Waals surface area contributed by atoms with Crippen molar-refractivity contribution in [2.75, 3.05) is 19.6 Å². The molecular formula is C66H60N4. The molecule has 4 nitrogen and oxygen atoms in total. The van der Waals surface area contributed by atoms with Crippen LogP contribution in [0.4, 0.5) is 51.2 Å². The average Bonchev–Trinajstić information content (AvgIpc) is 3.39. The Morgan fingerprint density at radius 2 is 0.771 bits per heavy atom. The molecule has 0 radical (unpaired) electrons. The first kappa shape index (κ1) is 45.5. The van der Waals surface area contributed by atoms with Crippen molar-refractivity contribution in [1.29, 1.82) is 0 Å². The molecule has 1 unspecified atom stereocenters. The first-order valence-electron chi connectivity index (χ1n) is 24.6. The lowest BCUT2D eigenvalue weighted by molar-refractivity contribution is 0.710. The Bertz CT molecular complexity index is 3130. The number of nitrogens with zero attached hydrogens (tertiary/aromatic N) is 4. The number of aryl methyl sites for hydroxylation is 5. The number of rotatable bonds is 13. The van der Waals surface area contributed by atoms with Gasteiger partial charge in [0.2, 0.25) is 0 Å². The molecule has 0 spiro atoms. The van der Waals surface area contributed by atoms with Gasteiger partial charge in [-0.1, -0.05) is 125 Å². The Kier molecular flexibility index (Phi) is 13.1. The fourth-order valence-electron chi connectivity index (χ4n) is 9.50. The number of hydrogen-bond acceptors (Lipinski definition) is 4. The van der Waals surface area contributed by atoms with Crippen molar-refractivity contribution in [3.63, 3.8) is 0 Å². The Morgan fingerprint density at radius 3 is 1.11 bits per heavy atom. The van der Waals surface area contributed by atoms with Crippen molar-refractivity contribution in [3.8, 4) is 11.1 Å². The Labute approximate surface area is 416 Å². The van der Waals surface area contributed by atoms with E-state index >= 15 is 0 Å². The molecule has 8 aromatic rings. The SMILES string of the molecule is CC1=CC=C(N(c2c#cc(C)cc2)C2C=CC(N(c3ccc(C)cc3)c3ccc(-c4ccc(N(c5ccc(C)cc5)c5ccc(N(c6ccc(C)cc6)c6ccc(C)cc6)cc5)cc4)cc3)=CC2)CC1. The van der Waals surface area contributed by atoms with E-state index in [1.54, 1.807) is 0 Å². The fourth-order valence-corrected chi connectivity index (χ4v) is 9.50. The second-order valence-corrected chi connectivity index (χ2v) is 18.9. The summed E-state index contributed by atoms with van der Waals surface area (Å²) in [5.74, 6) is 0. The summed E-state index contributed by atoms with van der Waals surface area (Å²) in [6.45, 7) is 12.8. The van der Waals surface area contributed by atoms with E-state index in [1.807, 2.05) is 0 Å². The van der Waals surface area contributed by atoms with Crippen molar-refractivity contribution >= 4 is 51.2 Å². The van der Waals surface area contributed by atoms with Crippen LogP contribution in [0.15, 0.2) is 229 Å². The molecular weight excluding hydrogens is 849 g/mol. The summed E-state index contributed by atoms with van der Waals surface area (Å²) in [5, 5.41) is 0. The second-order valence-electron chi connectivity index (χ2n) is 18.9. The average molecular weight is 909 g/mol. The highest BCUT2D eigenvalue weighted by Crippen LogP contribution is 2.41. The van der Waals surface area contributed by atoms with Crippen LogP contribution in [0, 0.1) is 46.8 Å². The summed E-state index contributed by atoms with van der Waals surface area (Å²) in [5.41, 5.74) is 22.2. The molecule has 0 amide bonds. The van der Waals surface area contributed by atoms with Gasteiger partial charge in [0.25, 0.3) is 0 Å². The van der Waals surface area contributed by atoms with Gasteiger partial charge in [0.05, 0.1) is 11.7 Å². The Hall–Kier alpha value is -8.26. The third-order valence-electron chi connectivity index (χ3n) is 13.6. The maximum Gasteiger partial charge on any atom is 0.0930 e. The first-order chi connectivity index (χ1) is 34.1. The van der Waals surface area contributed by atoms with Crippen LogP contribution in [-0.2, 0) is 0 Å². The van der Waals surface area contributed by atoms with E-state index in [0.29, 0.717) is 0 Å². The van der Waals surface area contributed by atoms with Crippen molar-refractivity contribution in [1.82, 2.24) is 0 Å². The fraction of sp³-hybridized carbons (Fsp3) is 0.152. The van der Waals surface area contributed by atoms with Crippen LogP contribution in [0.2, 0.25) is 0 Å². The molecule has 0 saturated carbocycles. The van der Waals surface area contributed by atoms with Crippen LogP contribution in [0.3, 0.4) is 0 Å². The van der Waals surface area contributed by atoms with E-state index in [1.165, 1.54) is 33.5 Å². The molecule has 0 saturated heterocycles. The van der Waals surface area contributed by atoms with Gasteiger partial charge in [-0.25, -0.2) is 0 Å². The summed E-state index contributed by atoms with van der Waals surface area (Å²) in [4.78, 5) is 9.51. The van der Waals surface area contributed by atoms with Crippen molar-refractivity contribution in [3.05, 3.63) is 269 Å². The number of benzene rings is 7. The molecule has 2 aliphatic rings. The predicted octanol–water partition coefficient (Wildman–Crippen LogP) is 17.9. The largest absolute Gasteiger partial charge is 0.331 e. The highest BCUT2D eigenvalue weighted by Gasteiger charge is 2.25. The number of anilines is 9. The monoisotopic (exact) mass is 908 g/mol. The summed E-state index contributed by atoms with van der Waals surface area (Å²) < 4.78 is 0. The molecule has 70 heavy (non-hydrogen) atoms. The van der Waals surface area contributed by atoms with Crippen LogP contribution < -0.4 is 19.6 Å². The van der Waals surface area contributed by atoms with Crippen LogP contribution in [0.5, 0.6) is 0 Å². The maximum atomic E-state index is 3.46. The van der Waals surface area contributed by atoms with Gasteiger partial charge in [-0.15, -0.1) is 0 Å². The maximum absolute atomic E-state index is 3.46. The standard InChI is InChI=1S/C66H60N4/c1-47-7-23-55(24-8-47)67(56-25-9-48(2)10-26-56)63-39-43-65(44-40-63)69(59-31-15-51(5)16-32-59)61-35-19-53(20-36-61)54-21-37-62(38-22-54)70(60-33-17-52(6)18-34-60)66-45-41-64(42-46-66)68(57-27-11-49(3)12-28-57)58-29-13-50(4)14-30-58/h7-11,13,15-27,29,31-41,43-46,64H,12,28,42H2,1-6H3. The van der Waals surface area contributed by atoms with E-state index in [2.05, 4.69) is 286 Å². The van der Waals surface area contributed by atoms with E-state index in [9.17, 15) is 0 Å². The van der Waals surface area contributed by atoms with Gasteiger partial charge in [-0.3, -0.25) is 0 Å². The molecule has 0 N–H and O–H groups in total. The van der Waals surface area contributed by atoms with Crippen molar-refractivity contribution < 1.29 is 0 Å². The Morgan fingerprint density at radius 1 is 0.386 bits per heavy atom. The van der Waals surface area contributed by atoms with E-state index in [4.69, 9.17) is 0 Å². The van der Waals surface area contributed by atoms with E-state index in [0.717, 1.165) is 92.8 Å². The smallest absolute Gasteiger partial charge is 0.0930 e. The minimum Gasteiger partial charge on any atom is -0.331 e. The minimum atomic E-state index is 0.166. The molecule has 0 fully saturated rings. The van der Waals surface area contributed by atoms with Gasteiger partial charge < -0.3 is 19.6 Å². The number of allylic oxidation sites excluding steroid dienone is 5. The first-order valence-corrected chi connectivity index (χ1v) is 24.6. The highest BCUT2D eigenvalue weighted by molar-refractivity contribution is 5.83. The molecule has 0 aromatic heterocycles. The van der Waals surface area contributed by atoms with Gasteiger partial charge in [0, 0.05) is 56.9 Å². The summed E-state index contributed by atoms with van der Waals surface area (Å²) in [6, 6.07) is 73.4. The highest BCUT2D eigenvalue weighted by atomic mass is 15.2. The third-order valence-corrected chi connectivity index (χ3v) is 13.6. The molecule has 344 valence electrons. The predicted molar refractivity (Wildman–Crippen MR) is 297 cm³/mol. The summed E-state index contributed by atoms with van der Waals surface area (Å²) in [7, 11) is 0. The van der Waals surface area contributed by atoms with Gasteiger partial charge in [-0.2, -0.15) is 0 Å². The van der Waals surface area contributed by atoms with Crippen LogP contribution in [0.25, 0.3) is 11.1 Å². The summed E-state index contributed by atoms with van der Waals surface area (Å²) >= 11 is 0. The van der Waals surface area contributed by atoms with Crippen molar-refractivity contribution in [2.24, 2.45) is 0 Å². The molecule has 0 bridgehead atoms. The van der Waals surface area contributed by atoms with E-state index < -0.39 is 0 Å². The zero-order valence-electron chi connectivity index (χ0n) is 41.2. The van der Waals surface area contributed by atoms with Crippen molar-refractivity contribution in [2.45, 2.75) is 66.8 Å². The zero-order valence-corrected chi connectivity index (χ0v) is 41.2. The van der Waals surface area contributed by atoms with Gasteiger partial charge >= 0.3 is 0 Å².